The maximum atomic E-state index is 14.2. The summed E-state index contributed by atoms with van der Waals surface area (Å²) in [5.74, 6) is -0.963. The molecule has 0 heterocycles. The zero-order chi connectivity index (χ0) is 22.8. The number of hydrogen-bond acceptors (Lipinski definition) is 6. The van der Waals surface area contributed by atoms with Gasteiger partial charge in [-0.1, -0.05) is 39.8 Å². The SMILES string of the molecule is CC1=C[C@]23C(=O)[C@@H](C=C(CO)[C@@H](O)[C@]2(O)[C@H]1OC(=O)N(C)C)C(C)(C)[C@@H](C)C[C@H]3C. The van der Waals surface area contributed by atoms with Gasteiger partial charge in [0.05, 0.1) is 12.0 Å². The van der Waals surface area contributed by atoms with Crippen LogP contribution in [-0.2, 0) is 9.53 Å². The lowest BCUT2D eigenvalue weighted by Crippen LogP contribution is -2.66. The number of nitrogens with zero attached hydrogens (tertiary/aromatic N) is 1. The van der Waals surface area contributed by atoms with E-state index in [9.17, 15) is 24.9 Å². The monoisotopic (exact) mass is 421 g/mol. The molecule has 0 unspecified atom stereocenters. The van der Waals surface area contributed by atoms with Crippen molar-refractivity contribution < 1.29 is 29.6 Å². The number of rotatable bonds is 2. The summed E-state index contributed by atoms with van der Waals surface area (Å²) in [6.45, 7) is 9.24. The second kappa shape index (κ2) is 7.18. The van der Waals surface area contributed by atoms with E-state index in [1.165, 1.54) is 19.0 Å². The number of amides is 1. The van der Waals surface area contributed by atoms with Crippen LogP contribution in [0.15, 0.2) is 23.3 Å². The highest BCUT2D eigenvalue weighted by Crippen LogP contribution is 2.62. The molecule has 2 bridgehead atoms. The summed E-state index contributed by atoms with van der Waals surface area (Å²) in [5, 5.41) is 33.6. The lowest BCUT2D eigenvalue weighted by molar-refractivity contribution is -0.190. The summed E-state index contributed by atoms with van der Waals surface area (Å²) >= 11 is 0. The molecule has 3 rings (SSSR count). The zero-order valence-electron chi connectivity index (χ0n) is 19.0. The van der Waals surface area contributed by atoms with E-state index in [-0.39, 0.29) is 23.2 Å². The lowest BCUT2D eigenvalue weighted by Gasteiger charge is -2.48. The third-order valence-electron chi connectivity index (χ3n) is 8.09. The van der Waals surface area contributed by atoms with Gasteiger partial charge in [-0.3, -0.25) is 4.79 Å². The number of hydrogen-bond donors (Lipinski definition) is 3. The predicted molar refractivity (Wildman–Crippen MR) is 111 cm³/mol. The molecule has 1 amide bonds. The minimum atomic E-state index is -2.11. The molecule has 3 aliphatic carbocycles. The number of fused-ring (bicyclic) bond motifs is 1. The van der Waals surface area contributed by atoms with E-state index in [0.29, 0.717) is 12.0 Å². The Hall–Kier alpha value is -1.70. The van der Waals surface area contributed by atoms with Gasteiger partial charge in [-0.25, -0.2) is 4.79 Å². The van der Waals surface area contributed by atoms with Gasteiger partial charge in [-0.15, -0.1) is 0 Å². The second-order valence-corrected chi connectivity index (χ2v) is 10.2. The largest absolute Gasteiger partial charge is 0.438 e. The van der Waals surface area contributed by atoms with E-state index in [4.69, 9.17) is 4.74 Å². The van der Waals surface area contributed by atoms with Gasteiger partial charge in [-0.2, -0.15) is 0 Å². The van der Waals surface area contributed by atoms with Crippen molar-refractivity contribution in [2.45, 2.75) is 58.8 Å². The molecule has 1 saturated carbocycles. The van der Waals surface area contributed by atoms with Gasteiger partial charge < -0.3 is 25.0 Å². The van der Waals surface area contributed by atoms with Crippen molar-refractivity contribution in [1.82, 2.24) is 4.90 Å². The van der Waals surface area contributed by atoms with Crippen LogP contribution in [0.2, 0.25) is 0 Å². The fraction of sp³-hybridized carbons (Fsp3) is 0.739. The van der Waals surface area contributed by atoms with E-state index in [1.807, 2.05) is 20.8 Å². The molecule has 0 saturated heterocycles. The van der Waals surface area contributed by atoms with Crippen molar-refractivity contribution in [3.8, 4) is 0 Å². The number of ketones is 1. The van der Waals surface area contributed by atoms with Crippen molar-refractivity contribution in [2.24, 2.45) is 28.6 Å². The Morgan fingerprint density at radius 1 is 1.27 bits per heavy atom. The van der Waals surface area contributed by atoms with E-state index >= 15 is 0 Å². The first kappa shape index (κ1) is 23.0. The molecule has 0 aromatic heterocycles. The van der Waals surface area contributed by atoms with Crippen molar-refractivity contribution in [2.75, 3.05) is 20.7 Å². The summed E-state index contributed by atoms with van der Waals surface area (Å²) in [5.41, 5.74) is -3.28. The Labute approximate surface area is 178 Å². The van der Waals surface area contributed by atoms with Crippen molar-refractivity contribution in [3.05, 3.63) is 23.3 Å². The molecule has 0 aliphatic heterocycles. The fourth-order valence-electron chi connectivity index (χ4n) is 5.86. The highest BCUT2D eigenvalue weighted by molar-refractivity contribution is 5.95. The van der Waals surface area contributed by atoms with Gasteiger partial charge in [0, 0.05) is 20.0 Å². The minimum absolute atomic E-state index is 0.147. The van der Waals surface area contributed by atoms with E-state index in [0.717, 1.165) is 0 Å². The van der Waals surface area contributed by atoms with E-state index in [2.05, 4.69) is 6.92 Å². The molecular weight excluding hydrogens is 386 g/mol. The smallest absolute Gasteiger partial charge is 0.409 e. The summed E-state index contributed by atoms with van der Waals surface area (Å²) < 4.78 is 5.63. The molecule has 1 spiro atoms. The standard InChI is InChI=1S/C23H35NO6/c1-12-10-22-14(3)8-13(2)21(4,5)16(18(22)27)9-15(11-25)17(26)23(22,29)19(12)30-20(28)24(6)7/h9-10,13-14,16-17,19,25-26,29H,8,11H2,1-7H3/t13-,14+,16+,17+,19-,22-,23-/m0/s1. The molecule has 7 heteroatoms. The van der Waals surface area contributed by atoms with Crippen LogP contribution in [0.5, 0.6) is 0 Å². The fourth-order valence-corrected chi connectivity index (χ4v) is 5.86. The molecule has 168 valence electrons. The molecule has 7 atom stereocenters. The molecule has 0 aromatic rings. The number of Topliss-reactive ketones (excluding diaryl/α,β-unsaturated/α-hetero) is 1. The summed E-state index contributed by atoms with van der Waals surface area (Å²) in [4.78, 5) is 27.8. The normalized spacial score (nSPS) is 42.5. The van der Waals surface area contributed by atoms with Crippen molar-refractivity contribution in [3.63, 3.8) is 0 Å². The molecule has 0 aromatic carbocycles. The van der Waals surface area contributed by atoms with E-state index < -0.39 is 47.3 Å². The zero-order valence-corrected chi connectivity index (χ0v) is 19.0. The molecular formula is C23H35NO6. The van der Waals surface area contributed by atoms with Crippen LogP contribution in [0.25, 0.3) is 0 Å². The molecule has 30 heavy (non-hydrogen) atoms. The number of carbonyl (C=O) groups excluding carboxylic acids is 2. The van der Waals surface area contributed by atoms with Gasteiger partial charge in [0.15, 0.2) is 17.5 Å². The number of aliphatic hydroxyl groups excluding tert-OH is 2. The number of allylic oxidation sites excluding steroid dienone is 1. The van der Waals surface area contributed by atoms with Crippen LogP contribution >= 0.6 is 0 Å². The molecule has 3 N–H and O–H groups in total. The minimum Gasteiger partial charge on any atom is -0.438 e. The third kappa shape index (κ3) is 2.75. The molecule has 7 nitrogen and oxygen atoms in total. The highest BCUT2D eigenvalue weighted by Gasteiger charge is 2.73. The van der Waals surface area contributed by atoms with Crippen LogP contribution in [0, 0.1) is 28.6 Å². The number of carbonyl (C=O) groups is 2. The lowest BCUT2D eigenvalue weighted by atomic mass is 9.59. The summed E-state index contributed by atoms with van der Waals surface area (Å²) in [6, 6.07) is 0. The first-order valence-electron chi connectivity index (χ1n) is 10.6. The Bertz CT molecular complexity index is 815. The maximum absolute atomic E-state index is 14.2. The van der Waals surface area contributed by atoms with Crippen LogP contribution in [0.3, 0.4) is 0 Å². The first-order chi connectivity index (χ1) is 13.8. The first-order valence-corrected chi connectivity index (χ1v) is 10.6. The van der Waals surface area contributed by atoms with Gasteiger partial charge in [0.2, 0.25) is 0 Å². The average Bonchev–Trinajstić information content (AvgIpc) is 2.83. The molecule has 3 aliphatic rings. The van der Waals surface area contributed by atoms with E-state index in [1.54, 1.807) is 19.1 Å². The van der Waals surface area contributed by atoms with Gasteiger partial charge in [-0.05, 0) is 41.7 Å². The van der Waals surface area contributed by atoms with Crippen molar-refractivity contribution >= 4 is 11.9 Å². The van der Waals surface area contributed by atoms with Crippen LogP contribution in [0.4, 0.5) is 4.79 Å². The summed E-state index contributed by atoms with van der Waals surface area (Å²) in [6.07, 6.45) is 0.559. The Balaban J connectivity index is 2.31. The van der Waals surface area contributed by atoms with Crippen LogP contribution in [-0.4, -0.2) is 70.6 Å². The number of ether oxygens (including phenoxy) is 1. The van der Waals surface area contributed by atoms with Gasteiger partial charge in [0.25, 0.3) is 0 Å². The Morgan fingerprint density at radius 2 is 1.87 bits per heavy atom. The molecule has 1 fully saturated rings. The molecule has 0 radical (unpaired) electrons. The average molecular weight is 422 g/mol. The Kier molecular flexibility index (Phi) is 5.49. The summed E-state index contributed by atoms with van der Waals surface area (Å²) in [7, 11) is 3.05. The quantitative estimate of drug-likeness (QED) is 0.588. The van der Waals surface area contributed by atoms with Crippen LogP contribution in [0.1, 0.15) is 41.0 Å². The van der Waals surface area contributed by atoms with Crippen molar-refractivity contribution in [1.29, 1.82) is 0 Å². The topological polar surface area (TPSA) is 107 Å². The highest BCUT2D eigenvalue weighted by atomic mass is 16.6. The Morgan fingerprint density at radius 3 is 2.40 bits per heavy atom. The predicted octanol–water partition coefficient (Wildman–Crippen LogP) is 1.91. The second-order valence-electron chi connectivity index (χ2n) is 10.2. The maximum Gasteiger partial charge on any atom is 0.409 e. The van der Waals surface area contributed by atoms with Crippen LogP contribution < -0.4 is 0 Å². The van der Waals surface area contributed by atoms with Gasteiger partial charge >= 0.3 is 6.09 Å². The number of aliphatic hydroxyl groups is 3. The van der Waals surface area contributed by atoms with Gasteiger partial charge in [0.1, 0.15) is 6.10 Å². The third-order valence-corrected chi connectivity index (χ3v) is 8.09.